The smallest absolute Gasteiger partial charge is 0.272 e. The average molecular weight is 642 g/mol. The monoisotopic (exact) mass is 641 g/mol. The van der Waals surface area contributed by atoms with Crippen LogP contribution in [-0.4, -0.2) is 51.4 Å². The van der Waals surface area contributed by atoms with Crippen LogP contribution in [-0.2, 0) is 9.59 Å². The standard InChI is InChI=1S/C35H35N3O7S/c1-22(33(39)36-25-14-16-27(42-2)17-15-25)46-28-13-9-12-26(20-28)37-35(41)29(38-34(40)23-10-7-6-8-11-23)18-24-19-31(44-4)32(45-5)21-30(24)43-3/h6-22H,1-5H3,(H,36,39)(H,37,41)(H,38,40)/b29-18+. The van der Waals surface area contributed by atoms with Crippen molar-refractivity contribution in [3.05, 3.63) is 108 Å². The molecule has 0 heterocycles. The Labute approximate surface area is 272 Å². The topological polar surface area (TPSA) is 124 Å². The van der Waals surface area contributed by atoms with Crippen molar-refractivity contribution in [1.82, 2.24) is 5.32 Å². The van der Waals surface area contributed by atoms with Gasteiger partial charge in [-0.2, -0.15) is 0 Å². The molecule has 0 radical (unpaired) electrons. The van der Waals surface area contributed by atoms with Gasteiger partial charge >= 0.3 is 0 Å². The van der Waals surface area contributed by atoms with Crippen LogP contribution in [0.2, 0.25) is 0 Å². The van der Waals surface area contributed by atoms with Crippen LogP contribution in [0.15, 0.2) is 102 Å². The highest BCUT2D eigenvalue weighted by molar-refractivity contribution is 8.00. The number of carbonyl (C=O) groups excluding carboxylic acids is 3. The molecule has 0 bridgehead atoms. The second-order valence-electron chi connectivity index (χ2n) is 9.79. The zero-order valence-electron chi connectivity index (χ0n) is 26.1. The minimum Gasteiger partial charge on any atom is -0.497 e. The lowest BCUT2D eigenvalue weighted by Crippen LogP contribution is -2.30. The van der Waals surface area contributed by atoms with E-state index in [4.69, 9.17) is 18.9 Å². The number of hydrogen-bond donors (Lipinski definition) is 3. The highest BCUT2D eigenvalue weighted by atomic mass is 32.2. The third kappa shape index (κ3) is 8.82. The summed E-state index contributed by atoms with van der Waals surface area (Å²) in [5.41, 5.74) is 1.93. The fraction of sp³-hybridized carbons (Fsp3) is 0.171. The highest BCUT2D eigenvalue weighted by Gasteiger charge is 2.19. The molecule has 0 aliphatic rings. The van der Waals surface area contributed by atoms with E-state index in [9.17, 15) is 14.4 Å². The first-order valence-electron chi connectivity index (χ1n) is 14.2. The van der Waals surface area contributed by atoms with Crippen LogP contribution >= 0.6 is 11.8 Å². The van der Waals surface area contributed by atoms with Crippen molar-refractivity contribution in [3.63, 3.8) is 0 Å². The van der Waals surface area contributed by atoms with E-state index in [0.29, 0.717) is 45.5 Å². The lowest BCUT2D eigenvalue weighted by molar-refractivity contribution is -0.115. The Morgan fingerprint density at radius 2 is 1.37 bits per heavy atom. The number of nitrogens with one attached hydrogen (secondary N) is 3. The van der Waals surface area contributed by atoms with Crippen molar-refractivity contribution < 1.29 is 33.3 Å². The molecule has 3 N–H and O–H groups in total. The predicted molar refractivity (Wildman–Crippen MR) is 180 cm³/mol. The zero-order valence-corrected chi connectivity index (χ0v) is 26.9. The molecule has 0 saturated carbocycles. The van der Waals surface area contributed by atoms with E-state index >= 15 is 0 Å². The lowest BCUT2D eigenvalue weighted by atomic mass is 10.1. The van der Waals surface area contributed by atoms with Gasteiger partial charge in [-0.3, -0.25) is 14.4 Å². The third-order valence-electron chi connectivity index (χ3n) is 6.70. The molecule has 4 rings (SSSR count). The van der Waals surface area contributed by atoms with Crippen molar-refractivity contribution in [2.75, 3.05) is 39.1 Å². The Morgan fingerprint density at radius 1 is 0.696 bits per heavy atom. The molecule has 3 amide bonds. The fourth-order valence-corrected chi connectivity index (χ4v) is 5.21. The van der Waals surface area contributed by atoms with E-state index in [1.165, 1.54) is 39.2 Å². The summed E-state index contributed by atoms with van der Waals surface area (Å²) in [5.74, 6) is 0.728. The molecule has 46 heavy (non-hydrogen) atoms. The Hall–Kier alpha value is -5.42. The minimum absolute atomic E-state index is 0.0373. The number of carbonyl (C=O) groups is 3. The Bertz CT molecular complexity index is 1710. The molecule has 4 aromatic carbocycles. The van der Waals surface area contributed by atoms with Crippen LogP contribution in [0.1, 0.15) is 22.8 Å². The van der Waals surface area contributed by atoms with Crippen LogP contribution in [0.4, 0.5) is 11.4 Å². The first-order valence-corrected chi connectivity index (χ1v) is 15.0. The SMILES string of the molecule is COc1ccc(NC(=O)C(C)Sc2cccc(NC(=O)/C(=C\c3cc(OC)c(OC)cc3OC)NC(=O)c3ccccc3)c2)cc1. The molecule has 4 aromatic rings. The van der Waals surface area contributed by atoms with Gasteiger partial charge in [-0.15, -0.1) is 11.8 Å². The van der Waals surface area contributed by atoms with Crippen molar-refractivity contribution in [2.24, 2.45) is 0 Å². The van der Waals surface area contributed by atoms with Crippen LogP contribution in [0.3, 0.4) is 0 Å². The summed E-state index contributed by atoms with van der Waals surface area (Å²) < 4.78 is 21.5. The molecule has 238 valence electrons. The number of benzene rings is 4. The summed E-state index contributed by atoms with van der Waals surface area (Å²) in [7, 11) is 6.07. The number of amides is 3. The van der Waals surface area contributed by atoms with Crippen molar-refractivity contribution >= 4 is 46.9 Å². The fourth-order valence-electron chi connectivity index (χ4n) is 4.29. The highest BCUT2D eigenvalue weighted by Crippen LogP contribution is 2.36. The van der Waals surface area contributed by atoms with Gasteiger partial charge in [0.15, 0.2) is 11.5 Å². The van der Waals surface area contributed by atoms with Crippen LogP contribution in [0.5, 0.6) is 23.0 Å². The molecule has 0 aromatic heterocycles. The molecular weight excluding hydrogens is 606 g/mol. The molecular formula is C35H35N3O7S. The molecule has 1 unspecified atom stereocenters. The molecule has 0 saturated heterocycles. The quantitative estimate of drug-likeness (QED) is 0.116. The van der Waals surface area contributed by atoms with Crippen molar-refractivity contribution in [2.45, 2.75) is 17.1 Å². The Kier molecular flexibility index (Phi) is 11.7. The van der Waals surface area contributed by atoms with E-state index < -0.39 is 17.1 Å². The predicted octanol–water partition coefficient (Wildman–Crippen LogP) is 6.25. The van der Waals surface area contributed by atoms with E-state index in [2.05, 4.69) is 16.0 Å². The number of methoxy groups -OCH3 is 4. The molecule has 0 spiro atoms. The minimum atomic E-state index is -0.575. The summed E-state index contributed by atoms with van der Waals surface area (Å²) in [5, 5.41) is 8.04. The molecule has 0 aliphatic heterocycles. The molecule has 1 atom stereocenters. The summed E-state index contributed by atoms with van der Waals surface area (Å²) in [6.45, 7) is 1.80. The summed E-state index contributed by atoms with van der Waals surface area (Å²) in [4.78, 5) is 40.4. The number of ether oxygens (including phenoxy) is 4. The first-order chi connectivity index (χ1) is 22.2. The molecule has 11 heteroatoms. The second kappa shape index (κ2) is 16.1. The molecule has 0 aliphatic carbocycles. The Morgan fingerprint density at radius 3 is 2.02 bits per heavy atom. The maximum atomic E-state index is 13.7. The zero-order chi connectivity index (χ0) is 33.1. The number of rotatable bonds is 13. The van der Waals surface area contributed by atoms with Gasteiger partial charge in [0, 0.05) is 33.5 Å². The lowest BCUT2D eigenvalue weighted by Gasteiger charge is -2.15. The van der Waals surface area contributed by atoms with Crippen LogP contribution in [0, 0.1) is 0 Å². The average Bonchev–Trinajstić information content (AvgIpc) is 3.08. The van der Waals surface area contributed by atoms with Crippen molar-refractivity contribution in [3.8, 4) is 23.0 Å². The maximum Gasteiger partial charge on any atom is 0.272 e. The Balaban J connectivity index is 1.56. The number of hydrogen-bond acceptors (Lipinski definition) is 8. The van der Waals surface area contributed by atoms with Gasteiger partial charge < -0.3 is 34.9 Å². The van der Waals surface area contributed by atoms with Gasteiger partial charge in [-0.1, -0.05) is 24.3 Å². The molecule has 10 nitrogen and oxygen atoms in total. The van der Waals surface area contributed by atoms with Crippen molar-refractivity contribution in [1.29, 1.82) is 0 Å². The van der Waals surface area contributed by atoms with Gasteiger partial charge in [-0.25, -0.2) is 0 Å². The summed E-state index contributed by atoms with van der Waals surface area (Å²) in [6, 6.07) is 26.0. The van der Waals surface area contributed by atoms with Gasteiger partial charge in [0.05, 0.1) is 33.7 Å². The van der Waals surface area contributed by atoms with E-state index in [-0.39, 0.29) is 11.6 Å². The van der Waals surface area contributed by atoms with E-state index in [0.717, 1.165) is 4.90 Å². The first kappa shape index (κ1) is 33.5. The van der Waals surface area contributed by atoms with Gasteiger partial charge in [0.1, 0.15) is 17.2 Å². The van der Waals surface area contributed by atoms with Crippen LogP contribution in [0.25, 0.3) is 6.08 Å². The van der Waals surface area contributed by atoms with Gasteiger partial charge in [0.25, 0.3) is 11.8 Å². The normalized spacial score (nSPS) is 11.5. The van der Waals surface area contributed by atoms with E-state index in [1.54, 1.807) is 99.0 Å². The number of anilines is 2. The van der Waals surface area contributed by atoms with Crippen LogP contribution < -0.4 is 34.9 Å². The maximum absolute atomic E-state index is 13.7. The van der Waals surface area contributed by atoms with Gasteiger partial charge in [0.2, 0.25) is 5.91 Å². The summed E-state index contributed by atoms with van der Waals surface area (Å²) >= 11 is 1.34. The number of thioether (sulfide) groups is 1. The largest absolute Gasteiger partial charge is 0.497 e. The summed E-state index contributed by atoms with van der Waals surface area (Å²) in [6.07, 6.45) is 1.50. The second-order valence-corrected chi connectivity index (χ2v) is 11.2. The van der Waals surface area contributed by atoms with Gasteiger partial charge in [-0.05, 0) is 73.7 Å². The van der Waals surface area contributed by atoms with E-state index in [1.807, 2.05) is 6.07 Å². The third-order valence-corrected chi connectivity index (χ3v) is 7.79. The molecule has 0 fully saturated rings.